The highest BCUT2D eigenvalue weighted by Gasteiger charge is 2.25. The highest BCUT2D eigenvalue weighted by atomic mass is 32.1. The molecule has 3 N–H and O–H groups in total. The summed E-state index contributed by atoms with van der Waals surface area (Å²) in [6.07, 6.45) is 0.950. The largest absolute Gasteiger partial charge is 0.370 e. The second-order valence-corrected chi connectivity index (χ2v) is 5.81. The molecule has 2 unspecified atom stereocenters. The number of nitrogens with two attached hydrogens (primary N) is 1. The molecule has 0 spiro atoms. The summed E-state index contributed by atoms with van der Waals surface area (Å²) < 4.78 is 0. The number of rotatable bonds is 2. The zero-order valence-electron chi connectivity index (χ0n) is 10.8. The van der Waals surface area contributed by atoms with E-state index in [9.17, 15) is 0 Å². The molecule has 0 saturated heterocycles. The molecule has 4 heteroatoms. The Labute approximate surface area is 117 Å². The molecule has 0 aliphatic carbocycles. The quantitative estimate of drug-likeness (QED) is 0.881. The molecule has 3 rings (SSSR count). The first kappa shape index (κ1) is 12.2. The third kappa shape index (κ3) is 2.49. The van der Waals surface area contributed by atoms with Gasteiger partial charge in [-0.2, -0.15) is 0 Å². The van der Waals surface area contributed by atoms with E-state index < -0.39 is 0 Å². The van der Waals surface area contributed by atoms with Gasteiger partial charge in [0.15, 0.2) is 5.96 Å². The Morgan fingerprint density at radius 2 is 2.11 bits per heavy atom. The molecule has 1 aromatic carbocycles. The van der Waals surface area contributed by atoms with E-state index in [-0.39, 0.29) is 12.1 Å². The zero-order chi connectivity index (χ0) is 13.2. The van der Waals surface area contributed by atoms with Gasteiger partial charge < -0.3 is 11.1 Å². The first-order valence-corrected chi connectivity index (χ1v) is 7.31. The second-order valence-electron chi connectivity index (χ2n) is 4.83. The van der Waals surface area contributed by atoms with Gasteiger partial charge in [0.2, 0.25) is 0 Å². The van der Waals surface area contributed by atoms with Crippen LogP contribution >= 0.6 is 11.3 Å². The van der Waals surface area contributed by atoms with E-state index in [0.717, 1.165) is 6.42 Å². The predicted molar refractivity (Wildman–Crippen MR) is 80.4 cm³/mol. The smallest absolute Gasteiger partial charge is 0.189 e. The van der Waals surface area contributed by atoms with Gasteiger partial charge in [-0.3, -0.25) is 0 Å². The van der Waals surface area contributed by atoms with Crippen molar-refractivity contribution >= 4 is 17.3 Å². The molecule has 0 amide bonds. The van der Waals surface area contributed by atoms with Gasteiger partial charge in [-0.05, 0) is 35.9 Å². The van der Waals surface area contributed by atoms with Crippen molar-refractivity contribution < 1.29 is 0 Å². The van der Waals surface area contributed by atoms with Crippen LogP contribution in [-0.2, 0) is 0 Å². The Balaban J connectivity index is 1.91. The molecule has 2 aromatic rings. The fourth-order valence-electron chi connectivity index (χ4n) is 2.55. The topological polar surface area (TPSA) is 50.4 Å². The number of aliphatic imine (C=N–C) groups is 1. The average Bonchev–Trinajstić information content (AvgIpc) is 2.92. The summed E-state index contributed by atoms with van der Waals surface area (Å²) in [5.74, 6) is 0.540. The Morgan fingerprint density at radius 1 is 1.26 bits per heavy atom. The first-order chi connectivity index (χ1) is 9.24. The van der Waals surface area contributed by atoms with Crippen LogP contribution in [0.1, 0.15) is 34.5 Å². The van der Waals surface area contributed by atoms with Crippen molar-refractivity contribution in [3.05, 3.63) is 57.8 Å². The second kappa shape index (κ2) is 5.05. The number of nitrogens with zero attached hydrogens (tertiary/aromatic N) is 1. The van der Waals surface area contributed by atoms with Gasteiger partial charge >= 0.3 is 0 Å². The van der Waals surface area contributed by atoms with Crippen LogP contribution in [0.4, 0.5) is 0 Å². The van der Waals surface area contributed by atoms with Crippen molar-refractivity contribution in [3.8, 4) is 0 Å². The summed E-state index contributed by atoms with van der Waals surface area (Å²) in [6.45, 7) is 2.13. The lowest BCUT2D eigenvalue weighted by atomic mass is 9.94. The van der Waals surface area contributed by atoms with E-state index in [0.29, 0.717) is 5.96 Å². The maximum atomic E-state index is 5.95. The Kier molecular flexibility index (Phi) is 3.25. The Morgan fingerprint density at radius 3 is 2.84 bits per heavy atom. The standard InChI is InChI=1S/C15H17N3S/c1-10-5-2-3-6-11(10)12-9-13(18-15(16)17-12)14-7-4-8-19-14/h2-8,12-13H,9H2,1H3,(H3,16,17,18). The van der Waals surface area contributed by atoms with Crippen LogP contribution in [0.25, 0.3) is 0 Å². The van der Waals surface area contributed by atoms with Crippen molar-refractivity contribution in [2.24, 2.45) is 10.7 Å². The summed E-state index contributed by atoms with van der Waals surface area (Å²) in [7, 11) is 0. The van der Waals surface area contributed by atoms with E-state index in [1.807, 2.05) is 0 Å². The third-order valence-corrected chi connectivity index (χ3v) is 4.50. The highest BCUT2D eigenvalue weighted by Crippen LogP contribution is 2.34. The molecule has 0 bridgehead atoms. The third-order valence-electron chi connectivity index (χ3n) is 3.51. The van der Waals surface area contributed by atoms with E-state index in [1.54, 1.807) is 11.3 Å². The highest BCUT2D eigenvalue weighted by molar-refractivity contribution is 7.10. The average molecular weight is 271 g/mol. The van der Waals surface area contributed by atoms with Crippen molar-refractivity contribution in [3.63, 3.8) is 0 Å². The Bertz CT molecular complexity index is 589. The minimum atomic E-state index is 0.148. The maximum Gasteiger partial charge on any atom is 0.189 e. The SMILES string of the molecule is Cc1ccccc1C1CC(c2cccs2)NC(N)=N1. The minimum absolute atomic E-state index is 0.148. The molecule has 1 aliphatic heterocycles. The van der Waals surface area contributed by atoms with E-state index in [2.05, 4.69) is 59.0 Å². The number of aryl methyl sites for hydroxylation is 1. The lowest BCUT2D eigenvalue weighted by Crippen LogP contribution is -2.39. The molecule has 1 aliphatic rings. The monoisotopic (exact) mass is 271 g/mol. The van der Waals surface area contributed by atoms with Crippen LogP contribution in [-0.4, -0.2) is 5.96 Å². The molecule has 0 fully saturated rings. The summed E-state index contributed by atoms with van der Waals surface area (Å²) in [6, 6.07) is 13.0. The summed E-state index contributed by atoms with van der Waals surface area (Å²) in [4.78, 5) is 5.88. The van der Waals surface area contributed by atoms with Crippen LogP contribution in [0.15, 0.2) is 46.8 Å². The van der Waals surface area contributed by atoms with E-state index in [4.69, 9.17) is 5.73 Å². The fourth-order valence-corrected chi connectivity index (χ4v) is 3.34. The fraction of sp³-hybridized carbons (Fsp3) is 0.267. The maximum absolute atomic E-state index is 5.95. The molecule has 0 saturated carbocycles. The van der Waals surface area contributed by atoms with Crippen LogP contribution in [0.2, 0.25) is 0 Å². The normalized spacial score (nSPS) is 22.7. The number of nitrogens with one attached hydrogen (secondary N) is 1. The molecule has 2 atom stereocenters. The number of benzene rings is 1. The van der Waals surface area contributed by atoms with Gasteiger partial charge in [-0.25, -0.2) is 4.99 Å². The molecule has 0 radical (unpaired) electrons. The molecular weight excluding hydrogens is 254 g/mol. The van der Waals surface area contributed by atoms with Gasteiger partial charge in [-0.15, -0.1) is 11.3 Å². The predicted octanol–water partition coefficient (Wildman–Crippen LogP) is 3.15. The van der Waals surface area contributed by atoms with Gasteiger partial charge in [0, 0.05) is 4.88 Å². The van der Waals surface area contributed by atoms with Gasteiger partial charge in [0.25, 0.3) is 0 Å². The molecule has 98 valence electrons. The number of hydrogen-bond acceptors (Lipinski definition) is 4. The van der Waals surface area contributed by atoms with Crippen molar-refractivity contribution in [1.29, 1.82) is 0 Å². The molecule has 3 nitrogen and oxygen atoms in total. The number of hydrogen-bond donors (Lipinski definition) is 2. The summed E-state index contributed by atoms with van der Waals surface area (Å²) in [5, 5.41) is 5.38. The van der Waals surface area contributed by atoms with Crippen LogP contribution in [0.5, 0.6) is 0 Å². The molecule has 1 aromatic heterocycles. The minimum Gasteiger partial charge on any atom is -0.370 e. The van der Waals surface area contributed by atoms with Gasteiger partial charge in [-0.1, -0.05) is 30.3 Å². The molecular formula is C15H17N3S. The van der Waals surface area contributed by atoms with Crippen LogP contribution in [0, 0.1) is 6.92 Å². The van der Waals surface area contributed by atoms with Gasteiger partial charge in [0.1, 0.15) is 0 Å². The van der Waals surface area contributed by atoms with Crippen LogP contribution < -0.4 is 11.1 Å². The molecule has 2 heterocycles. The first-order valence-electron chi connectivity index (χ1n) is 6.43. The van der Waals surface area contributed by atoms with Crippen molar-refractivity contribution in [2.45, 2.75) is 25.4 Å². The van der Waals surface area contributed by atoms with E-state index in [1.165, 1.54) is 16.0 Å². The van der Waals surface area contributed by atoms with Crippen LogP contribution in [0.3, 0.4) is 0 Å². The van der Waals surface area contributed by atoms with E-state index >= 15 is 0 Å². The molecule has 19 heavy (non-hydrogen) atoms. The summed E-state index contributed by atoms with van der Waals surface area (Å²) in [5.41, 5.74) is 8.50. The lowest BCUT2D eigenvalue weighted by Gasteiger charge is -2.28. The summed E-state index contributed by atoms with van der Waals surface area (Å²) >= 11 is 1.76. The number of guanidine groups is 1. The van der Waals surface area contributed by atoms with Crippen molar-refractivity contribution in [2.75, 3.05) is 0 Å². The zero-order valence-corrected chi connectivity index (χ0v) is 11.7. The lowest BCUT2D eigenvalue weighted by molar-refractivity contribution is 0.492. The van der Waals surface area contributed by atoms with Crippen molar-refractivity contribution in [1.82, 2.24) is 5.32 Å². The number of thiophene rings is 1. The van der Waals surface area contributed by atoms with Gasteiger partial charge in [0.05, 0.1) is 12.1 Å². The Hall–Kier alpha value is -1.81.